The largest absolute Gasteiger partial charge is 0.460 e. The highest BCUT2D eigenvalue weighted by Crippen LogP contribution is 2.28. The fourth-order valence-electron chi connectivity index (χ4n) is 1.47. The van der Waals surface area contributed by atoms with Gasteiger partial charge in [0.25, 0.3) is 0 Å². The molecule has 0 radical (unpaired) electrons. The standard InChI is InChI=1S/C12H17BrO3/c1-5-15-11(12(2,3)4)9(14)10-8(13)6-7-16-10/h6-7,11H,5H2,1-4H3. The fraction of sp³-hybridized carbons (Fsp3) is 0.583. The van der Waals surface area contributed by atoms with Crippen LogP contribution in [0, 0.1) is 5.41 Å². The smallest absolute Gasteiger partial charge is 0.228 e. The molecule has 0 aromatic carbocycles. The van der Waals surface area contributed by atoms with Gasteiger partial charge in [-0.25, -0.2) is 0 Å². The van der Waals surface area contributed by atoms with Crippen LogP contribution in [0.1, 0.15) is 38.2 Å². The van der Waals surface area contributed by atoms with Crippen LogP contribution in [0.2, 0.25) is 0 Å². The molecule has 90 valence electrons. The molecular weight excluding hydrogens is 272 g/mol. The van der Waals surface area contributed by atoms with Gasteiger partial charge >= 0.3 is 0 Å². The molecule has 16 heavy (non-hydrogen) atoms. The van der Waals surface area contributed by atoms with E-state index in [-0.39, 0.29) is 11.2 Å². The Bertz CT molecular complexity index is 363. The van der Waals surface area contributed by atoms with E-state index in [0.717, 1.165) is 0 Å². The molecule has 0 N–H and O–H groups in total. The molecule has 1 aromatic rings. The average molecular weight is 289 g/mol. The first-order chi connectivity index (χ1) is 7.38. The summed E-state index contributed by atoms with van der Waals surface area (Å²) in [6.07, 6.45) is 1.00. The van der Waals surface area contributed by atoms with Crippen molar-refractivity contribution >= 4 is 21.7 Å². The van der Waals surface area contributed by atoms with Crippen LogP contribution in [0.3, 0.4) is 0 Å². The molecule has 0 saturated heterocycles. The van der Waals surface area contributed by atoms with Crippen LogP contribution < -0.4 is 0 Å². The minimum Gasteiger partial charge on any atom is -0.460 e. The molecule has 0 saturated carbocycles. The average Bonchev–Trinajstić information content (AvgIpc) is 2.58. The van der Waals surface area contributed by atoms with Crippen molar-refractivity contribution < 1.29 is 13.9 Å². The van der Waals surface area contributed by atoms with Gasteiger partial charge < -0.3 is 9.15 Å². The predicted molar refractivity (Wildman–Crippen MR) is 65.6 cm³/mol. The number of carbonyl (C=O) groups excluding carboxylic acids is 1. The van der Waals surface area contributed by atoms with E-state index in [2.05, 4.69) is 15.9 Å². The zero-order valence-corrected chi connectivity index (χ0v) is 11.6. The van der Waals surface area contributed by atoms with Crippen molar-refractivity contribution in [1.29, 1.82) is 0 Å². The maximum atomic E-state index is 12.2. The van der Waals surface area contributed by atoms with Gasteiger partial charge in [-0.2, -0.15) is 0 Å². The van der Waals surface area contributed by atoms with E-state index < -0.39 is 6.10 Å². The van der Waals surface area contributed by atoms with Crippen molar-refractivity contribution in [3.05, 3.63) is 22.6 Å². The Balaban J connectivity index is 2.97. The highest BCUT2D eigenvalue weighted by atomic mass is 79.9. The highest BCUT2D eigenvalue weighted by molar-refractivity contribution is 9.10. The van der Waals surface area contributed by atoms with E-state index in [0.29, 0.717) is 16.8 Å². The SMILES string of the molecule is CCOC(C(=O)c1occc1Br)C(C)(C)C. The summed E-state index contributed by atoms with van der Waals surface area (Å²) in [5.41, 5.74) is -0.251. The summed E-state index contributed by atoms with van der Waals surface area (Å²) in [4.78, 5) is 12.2. The molecule has 0 aliphatic carbocycles. The fourth-order valence-corrected chi connectivity index (χ4v) is 1.87. The molecule has 1 unspecified atom stereocenters. The van der Waals surface area contributed by atoms with Crippen LogP contribution in [0.15, 0.2) is 21.2 Å². The Morgan fingerprint density at radius 2 is 2.19 bits per heavy atom. The van der Waals surface area contributed by atoms with E-state index in [4.69, 9.17) is 9.15 Å². The summed E-state index contributed by atoms with van der Waals surface area (Å²) >= 11 is 3.28. The van der Waals surface area contributed by atoms with Crippen molar-refractivity contribution in [3.63, 3.8) is 0 Å². The monoisotopic (exact) mass is 288 g/mol. The summed E-state index contributed by atoms with van der Waals surface area (Å²) in [5, 5.41) is 0. The molecule has 0 aliphatic heterocycles. The lowest BCUT2D eigenvalue weighted by Crippen LogP contribution is -2.37. The Hall–Kier alpha value is -0.610. The van der Waals surface area contributed by atoms with Crippen LogP contribution in [-0.2, 0) is 4.74 Å². The topological polar surface area (TPSA) is 39.4 Å². The summed E-state index contributed by atoms with van der Waals surface area (Å²) in [6, 6.07) is 1.71. The molecule has 1 heterocycles. The minimum atomic E-state index is -0.486. The van der Waals surface area contributed by atoms with Gasteiger partial charge in [0.05, 0.1) is 10.7 Å². The second-order valence-corrected chi connectivity index (χ2v) is 5.52. The second kappa shape index (κ2) is 5.15. The number of carbonyl (C=O) groups is 1. The molecule has 1 aromatic heterocycles. The van der Waals surface area contributed by atoms with Crippen molar-refractivity contribution in [2.24, 2.45) is 5.41 Å². The Morgan fingerprint density at radius 1 is 1.56 bits per heavy atom. The number of hydrogen-bond donors (Lipinski definition) is 0. The lowest BCUT2D eigenvalue weighted by molar-refractivity contribution is -0.00204. The van der Waals surface area contributed by atoms with E-state index in [1.165, 1.54) is 6.26 Å². The number of furan rings is 1. The summed E-state index contributed by atoms with van der Waals surface area (Å²) in [5.74, 6) is 0.208. The van der Waals surface area contributed by atoms with E-state index in [1.54, 1.807) is 6.07 Å². The van der Waals surface area contributed by atoms with Gasteiger partial charge in [0.1, 0.15) is 6.10 Å². The molecule has 0 aliphatic rings. The van der Waals surface area contributed by atoms with Crippen LogP contribution in [0.5, 0.6) is 0 Å². The maximum Gasteiger partial charge on any atom is 0.228 e. The molecule has 4 heteroatoms. The van der Waals surface area contributed by atoms with Gasteiger partial charge in [0.15, 0.2) is 5.76 Å². The van der Waals surface area contributed by atoms with Crippen LogP contribution in [-0.4, -0.2) is 18.5 Å². The van der Waals surface area contributed by atoms with Gasteiger partial charge in [0, 0.05) is 6.61 Å². The normalized spacial score (nSPS) is 13.8. The maximum absolute atomic E-state index is 12.2. The molecule has 3 nitrogen and oxygen atoms in total. The van der Waals surface area contributed by atoms with Gasteiger partial charge in [-0.3, -0.25) is 4.79 Å². The van der Waals surface area contributed by atoms with Gasteiger partial charge in [0.2, 0.25) is 5.78 Å². The van der Waals surface area contributed by atoms with Crippen molar-refractivity contribution in [3.8, 4) is 0 Å². The zero-order valence-electron chi connectivity index (χ0n) is 10.0. The van der Waals surface area contributed by atoms with Crippen molar-refractivity contribution in [2.45, 2.75) is 33.8 Å². The number of halogens is 1. The Labute approximate surface area is 104 Å². The third-order valence-corrected chi connectivity index (χ3v) is 2.82. The summed E-state index contributed by atoms with van der Waals surface area (Å²) in [7, 11) is 0. The lowest BCUT2D eigenvalue weighted by Gasteiger charge is -2.28. The van der Waals surface area contributed by atoms with E-state index >= 15 is 0 Å². The number of rotatable bonds is 4. The Kier molecular flexibility index (Phi) is 4.33. The quantitative estimate of drug-likeness (QED) is 0.794. The van der Waals surface area contributed by atoms with Crippen LogP contribution in [0.25, 0.3) is 0 Å². The van der Waals surface area contributed by atoms with E-state index in [9.17, 15) is 4.79 Å². The number of ketones is 1. The third-order valence-electron chi connectivity index (χ3n) is 2.20. The number of Topliss-reactive ketones (excluding diaryl/α,β-unsaturated/α-hetero) is 1. The Morgan fingerprint density at radius 3 is 2.56 bits per heavy atom. The molecule has 0 spiro atoms. The molecule has 0 amide bonds. The predicted octanol–water partition coefficient (Wildman–Crippen LogP) is 3.68. The van der Waals surface area contributed by atoms with Crippen molar-refractivity contribution in [2.75, 3.05) is 6.61 Å². The first kappa shape index (κ1) is 13.5. The summed E-state index contributed by atoms with van der Waals surface area (Å²) < 4.78 is 11.4. The summed E-state index contributed by atoms with van der Waals surface area (Å²) in [6.45, 7) is 8.31. The first-order valence-electron chi connectivity index (χ1n) is 5.26. The highest BCUT2D eigenvalue weighted by Gasteiger charge is 2.35. The van der Waals surface area contributed by atoms with Gasteiger partial charge in [-0.1, -0.05) is 20.8 Å². The van der Waals surface area contributed by atoms with Crippen LogP contribution >= 0.6 is 15.9 Å². The number of ether oxygens (including phenoxy) is 1. The van der Waals surface area contributed by atoms with Crippen molar-refractivity contribution in [1.82, 2.24) is 0 Å². The molecular formula is C12H17BrO3. The zero-order chi connectivity index (χ0) is 12.3. The molecule has 0 fully saturated rings. The molecule has 0 bridgehead atoms. The minimum absolute atomic E-state index is 0.119. The number of hydrogen-bond acceptors (Lipinski definition) is 3. The lowest BCUT2D eigenvalue weighted by atomic mass is 9.85. The molecule has 1 atom stereocenters. The second-order valence-electron chi connectivity index (χ2n) is 4.66. The van der Waals surface area contributed by atoms with Gasteiger partial charge in [-0.15, -0.1) is 0 Å². The van der Waals surface area contributed by atoms with E-state index in [1.807, 2.05) is 27.7 Å². The van der Waals surface area contributed by atoms with Gasteiger partial charge in [-0.05, 0) is 34.3 Å². The first-order valence-corrected chi connectivity index (χ1v) is 6.06. The van der Waals surface area contributed by atoms with Crippen LogP contribution in [0.4, 0.5) is 0 Å². The third kappa shape index (κ3) is 2.95. The molecule has 1 rings (SSSR count).